The van der Waals surface area contributed by atoms with Crippen LogP contribution in [0.15, 0.2) is 24.5 Å². The number of hydrogen-bond donors (Lipinski definition) is 1. The van der Waals surface area contributed by atoms with Gasteiger partial charge in [-0.1, -0.05) is 31.4 Å². The van der Waals surface area contributed by atoms with Gasteiger partial charge in [-0.05, 0) is 24.8 Å². The number of halogens is 2. The second kappa shape index (κ2) is 9.12. The van der Waals surface area contributed by atoms with Gasteiger partial charge in [0, 0.05) is 29.9 Å². The van der Waals surface area contributed by atoms with Crippen LogP contribution in [0, 0.1) is 17.2 Å². The maximum absolute atomic E-state index is 13.5. The molecule has 0 spiro atoms. The predicted molar refractivity (Wildman–Crippen MR) is 103 cm³/mol. The van der Waals surface area contributed by atoms with Crippen LogP contribution in [0.3, 0.4) is 0 Å². The first-order chi connectivity index (χ1) is 13.9. The van der Waals surface area contributed by atoms with Gasteiger partial charge >= 0.3 is 0 Å². The van der Waals surface area contributed by atoms with Crippen molar-refractivity contribution in [1.29, 1.82) is 5.26 Å². The highest BCUT2D eigenvalue weighted by atomic mass is 19.3. The quantitative estimate of drug-likeness (QED) is 0.820. The zero-order valence-electron chi connectivity index (χ0n) is 16.1. The Hall–Kier alpha value is -2.82. The number of allylic oxidation sites excluding steroid dienone is 1. The average molecular weight is 402 g/mol. The van der Waals surface area contributed by atoms with E-state index in [9.17, 15) is 18.4 Å². The van der Waals surface area contributed by atoms with Crippen molar-refractivity contribution in [3.63, 3.8) is 0 Å². The monoisotopic (exact) mass is 402 g/mol. The number of pyridine rings is 1. The number of nitrogens with zero attached hydrogens (tertiary/aromatic N) is 3. The Labute approximate surface area is 168 Å². The molecule has 1 aromatic heterocycles. The molecule has 0 radical (unpaired) electrons. The van der Waals surface area contributed by atoms with Crippen molar-refractivity contribution in [2.75, 3.05) is 13.1 Å². The van der Waals surface area contributed by atoms with Gasteiger partial charge in [0.05, 0.1) is 19.2 Å². The molecule has 1 saturated heterocycles. The summed E-state index contributed by atoms with van der Waals surface area (Å²) in [5.74, 6) is -3.78. The highest BCUT2D eigenvalue weighted by molar-refractivity contribution is 5.99. The molecule has 2 fully saturated rings. The molecule has 1 aliphatic heterocycles. The van der Waals surface area contributed by atoms with E-state index >= 15 is 0 Å². The van der Waals surface area contributed by atoms with Crippen LogP contribution in [0.1, 0.15) is 54.4 Å². The van der Waals surface area contributed by atoms with Gasteiger partial charge < -0.3 is 10.2 Å². The lowest BCUT2D eigenvalue weighted by Gasteiger charge is -2.19. The van der Waals surface area contributed by atoms with E-state index in [1.54, 1.807) is 18.3 Å². The van der Waals surface area contributed by atoms with Gasteiger partial charge in [-0.2, -0.15) is 5.26 Å². The van der Waals surface area contributed by atoms with Crippen molar-refractivity contribution in [3.05, 3.63) is 35.7 Å². The molecule has 0 aromatic carbocycles. The first kappa shape index (κ1) is 20.9. The number of hydrogen-bond acceptors (Lipinski definition) is 4. The molecule has 154 valence electrons. The molecular weight excluding hydrogens is 378 g/mol. The minimum absolute atomic E-state index is 0.364. The Morgan fingerprint density at radius 2 is 2.10 bits per heavy atom. The summed E-state index contributed by atoms with van der Waals surface area (Å²) in [5, 5.41) is 11.5. The summed E-state index contributed by atoms with van der Waals surface area (Å²) in [7, 11) is 0. The Morgan fingerprint density at radius 1 is 1.34 bits per heavy atom. The van der Waals surface area contributed by atoms with Gasteiger partial charge in [-0.15, -0.1) is 0 Å². The summed E-state index contributed by atoms with van der Waals surface area (Å²) < 4.78 is 27.0. The highest BCUT2D eigenvalue weighted by Gasteiger charge is 2.47. The predicted octanol–water partition coefficient (Wildman–Crippen LogP) is 3.16. The molecule has 3 rings (SSSR count). The van der Waals surface area contributed by atoms with E-state index in [2.05, 4.69) is 16.4 Å². The lowest BCUT2D eigenvalue weighted by atomic mass is 9.88. The Morgan fingerprint density at radius 3 is 2.83 bits per heavy atom. The highest BCUT2D eigenvalue weighted by Crippen LogP contribution is 2.31. The molecule has 1 atom stereocenters. The molecule has 29 heavy (non-hydrogen) atoms. The minimum Gasteiger partial charge on any atom is -0.343 e. The van der Waals surface area contributed by atoms with E-state index in [0.29, 0.717) is 17.0 Å². The second-order valence-electron chi connectivity index (χ2n) is 7.63. The lowest BCUT2D eigenvalue weighted by Crippen LogP contribution is -2.43. The Bertz CT molecular complexity index is 828. The summed E-state index contributed by atoms with van der Waals surface area (Å²) in [5.41, 5.74) is 1.01. The van der Waals surface area contributed by atoms with Crippen molar-refractivity contribution in [2.45, 2.75) is 50.5 Å². The third-order valence-corrected chi connectivity index (χ3v) is 5.43. The number of aromatic nitrogens is 1. The van der Waals surface area contributed by atoms with E-state index in [4.69, 9.17) is 5.26 Å². The summed E-state index contributed by atoms with van der Waals surface area (Å²) in [6.45, 7) is -1.24. The lowest BCUT2D eigenvalue weighted by molar-refractivity contribution is -0.131. The van der Waals surface area contributed by atoms with Gasteiger partial charge in [0.2, 0.25) is 5.91 Å². The van der Waals surface area contributed by atoms with Crippen molar-refractivity contribution < 1.29 is 18.4 Å². The standard InChI is InChI=1S/C21H24F2N4O2/c22-21(23)10-17(11-24)27(14-21)19(28)13-26-20(29)18-8-9-25-12-16(18)7-6-15-4-2-1-3-5-15/h6-9,12,15,17H,1-5,10,13-14H2,(H,26,29). The van der Waals surface area contributed by atoms with Crippen molar-refractivity contribution in [2.24, 2.45) is 5.92 Å². The number of nitrogens with one attached hydrogen (secondary N) is 1. The first-order valence-electron chi connectivity index (χ1n) is 9.87. The van der Waals surface area contributed by atoms with Gasteiger partial charge in [-0.3, -0.25) is 14.6 Å². The molecule has 1 N–H and O–H groups in total. The summed E-state index contributed by atoms with van der Waals surface area (Å²) >= 11 is 0. The maximum atomic E-state index is 13.5. The molecule has 2 amide bonds. The SMILES string of the molecule is N#CC1CC(F)(F)CN1C(=O)CNC(=O)c1ccncc1C=CC1CCCCC1. The number of carbonyl (C=O) groups excluding carboxylic acids is 2. The summed E-state index contributed by atoms with van der Waals surface area (Å²) in [6.07, 6.45) is 12.3. The third-order valence-electron chi connectivity index (χ3n) is 5.43. The largest absolute Gasteiger partial charge is 0.343 e. The number of nitriles is 1. The molecular formula is C21H24F2N4O2. The molecule has 1 unspecified atom stereocenters. The van der Waals surface area contributed by atoms with Crippen molar-refractivity contribution in [3.8, 4) is 6.07 Å². The fraction of sp³-hybridized carbons (Fsp3) is 0.524. The van der Waals surface area contributed by atoms with Crippen LogP contribution < -0.4 is 5.32 Å². The molecule has 6 nitrogen and oxygen atoms in total. The fourth-order valence-electron chi connectivity index (χ4n) is 3.86. The maximum Gasteiger partial charge on any atom is 0.268 e. The van der Waals surface area contributed by atoms with Crippen LogP contribution in [0.5, 0.6) is 0 Å². The Kier molecular flexibility index (Phi) is 6.57. The fourth-order valence-corrected chi connectivity index (χ4v) is 3.86. The van der Waals surface area contributed by atoms with E-state index in [0.717, 1.165) is 17.7 Å². The zero-order chi connectivity index (χ0) is 20.9. The summed E-state index contributed by atoms with van der Waals surface area (Å²) in [6, 6.07) is 2.10. The first-order valence-corrected chi connectivity index (χ1v) is 9.87. The minimum atomic E-state index is -3.08. The second-order valence-corrected chi connectivity index (χ2v) is 7.63. The molecule has 1 aromatic rings. The number of alkyl halides is 2. The van der Waals surface area contributed by atoms with Crippen LogP contribution >= 0.6 is 0 Å². The molecule has 8 heteroatoms. The van der Waals surface area contributed by atoms with Crippen molar-refractivity contribution in [1.82, 2.24) is 15.2 Å². The number of likely N-dealkylation sites (tertiary alicyclic amines) is 1. The summed E-state index contributed by atoms with van der Waals surface area (Å²) in [4.78, 5) is 29.7. The van der Waals surface area contributed by atoms with Crippen LogP contribution in [-0.2, 0) is 4.79 Å². The van der Waals surface area contributed by atoms with Crippen molar-refractivity contribution >= 4 is 17.9 Å². The van der Waals surface area contributed by atoms with Crippen LogP contribution in [0.4, 0.5) is 8.78 Å². The van der Waals surface area contributed by atoms with E-state index in [1.165, 1.54) is 25.5 Å². The third kappa shape index (κ3) is 5.37. The number of amides is 2. The van der Waals surface area contributed by atoms with Gasteiger partial charge in [0.15, 0.2) is 0 Å². The normalized spacial score (nSPS) is 21.8. The topological polar surface area (TPSA) is 86.1 Å². The smallest absolute Gasteiger partial charge is 0.268 e. The van der Waals surface area contributed by atoms with Gasteiger partial charge in [0.1, 0.15) is 6.04 Å². The van der Waals surface area contributed by atoms with Gasteiger partial charge in [-0.25, -0.2) is 8.78 Å². The molecule has 1 aliphatic carbocycles. The molecule has 2 heterocycles. The van der Waals surface area contributed by atoms with Crippen LogP contribution in [0.2, 0.25) is 0 Å². The molecule has 0 bridgehead atoms. The van der Waals surface area contributed by atoms with E-state index in [1.807, 2.05) is 6.08 Å². The van der Waals surface area contributed by atoms with E-state index in [-0.39, 0.29) is 0 Å². The number of carbonyl (C=O) groups is 2. The molecule has 2 aliphatic rings. The average Bonchev–Trinajstić information content (AvgIpc) is 3.06. The van der Waals surface area contributed by atoms with Gasteiger partial charge in [0.25, 0.3) is 11.8 Å². The van der Waals surface area contributed by atoms with E-state index < -0.39 is 43.3 Å². The zero-order valence-corrected chi connectivity index (χ0v) is 16.1. The Balaban J connectivity index is 1.62. The van der Waals surface area contributed by atoms with Crippen LogP contribution in [0.25, 0.3) is 6.08 Å². The molecule has 1 saturated carbocycles. The van der Waals surface area contributed by atoms with Crippen LogP contribution in [-0.4, -0.2) is 46.8 Å². The number of rotatable bonds is 5.